The van der Waals surface area contributed by atoms with E-state index >= 15 is 0 Å². The van der Waals surface area contributed by atoms with Crippen LogP contribution in [0, 0.1) is 5.82 Å². The van der Waals surface area contributed by atoms with Gasteiger partial charge in [0.25, 0.3) is 5.56 Å². The second kappa shape index (κ2) is 3.23. The van der Waals surface area contributed by atoms with Crippen LogP contribution in [0.3, 0.4) is 0 Å². The molecule has 2 aromatic rings. The minimum Gasteiger partial charge on any atom is -0.391 e. The third-order valence-electron chi connectivity index (χ3n) is 2.08. The molecule has 0 radical (unpaired) electrons. The van der Waals surface area contributed by atoms with E-state index < -0.39 is 11.4 Å². The van der Waals surface area contributed by atoms with Crippen molar-refractivity contribution in [3.05, 3.63) is 46.0 Å². The van der Waals surface area contributed by atoms with Gasteiger partial charge < -0.3 is 10.1 Å². The van der Waals surface area contributed by atoms with Crippen molar-refractivity contribution < 1.29 is 9.50 Å². The van der Waals surface area contributed by atoms with E-state index in [2.05, 4.69) is 4.98 Å². The number of hydrogen-bond acceptors (Lipinski definition) is 2. The summed E-state index contributed by atoms with van der Waals surface area (Å²) < 4.78 is 13.2. The summed E-state index contributed by atoms with van der Waals surface area (Å²) in [4.78, 5) is 13.6. The summed E-state index contributed by atoms with van der Waals surface area (Å²) in [5, 5.41) is 9.41. The number of aliphatic hydroxyl groups excluding tert-OH is 1. The molecule has 0 fully saturated rings. The molecule has 1 aromatic carbocycles. The normalized spacial score (nSPS) is 10.7. The molecule has 4 heteroatoms. The highest BCUT2D eigenvalue weighted by Crippen LogP contribution is 2.14. The number of halogens is 1. The Balaban J connectivity index is 2.86. The number of pyridine rings is 1. The molecule has 0 atom stereocenters. The molecule has 72 valence electrons. The number of aromatic amines is 1. The maximum atomic E-state index is 13.2. The first-order chi connectivity index (χ1) is 6.72. The van der Waals surface area contributed by atoms with Crippen LogP contribution in [0.15, 0.2) is 29.1 Å². The topological polar surface area (TPSA) is 53.1 Å². The Bertz CT molecular complexity index is 533. The van der Waals surface area contributed by atoms with Crippen molar-refractivity contribution in [2.45, 2.75) is 6.61 Å². The molecule has 0 aliphatic carbocycles. The minimum absolute atomic E-state index is 0.176. The van der Waals surface area contributed by atoms with Gasteiger partial charge in [0, 0.05) is 10.9 Å². The molecule has 0 amide bonds. The van der Waals surface area contributed by atoms with Gasteiger partial charge >= 0.3 is 0 Å². The maximum Gasteiger partial charge on any atom is 0.254 e. The average molecular weight is 193 g/mol. The maximum absolute atomic E-state index is 13.2. The van der Waals surface area contributed by atoms with Crippen molar-refractivity contribution in [1.82, 2.24) is 4.98 Å². The molecule has 2 N–H and O–H groups in total. The van der Waals surface area contributed by atoms with Crippen LogP contribution < -0.4 is 5.56 Å². The van der Waals surface area contributed by atoms with E-state index in [-0.39, 0.29) is 17.7 Å². The number of para-hydroxylation sites is 1. The van der Waals surface area contributed by atoms with Crippen molar-refractivity contribution in [3.63, 3.8) is 0 Å². The van der Waals surface area contributed by atoms with Crippen molar-refractivity contribution in [2.75, 3.05) is 0 Å². The molecular formula is C10H8FNO2. The van der Waals surface area contributed by atoms with Crippen LogP contribution in [-0.2, 0) is 6.61 Å². The zero-order valence-corrected chi connectivity index (χ0v) is 7.25. The largest absolute Gasteiger partial charge is 0.391 e. The summed E-state index contributed by atoms with van der Waals surface area (Å²) >= 11 is 0. The fourth-order valence-corrected chi connectivity index (χ4v) is 1.36. The van der Waals surface area contributed by atoms with Gasteiger partial charge in [0.15, 0.2) is 0 Å². The van der Waals surface area contributed by atoms with Crippen molar-refractivity contribution >= 4 is 10.9 Å². The number of hydrogen-bond donors (Lipinski definition) is 2. The summed E-state index contributed by atoms with van der Waals surface area (Å²) in [5.74, 6) is -0.468. The van der Waals surface area contributed by atoms with Crippen molar-refractivity contribution in [3.8, 4) is 0 Å². The molecule has 0 spiro atoms. The molecule has 0 saturated heterocycles. The number of H-pyrrole nitrogens is 1. The molecule has 1 aromatic heterocycles. The molecule has 0 aliphatic rings. The predicted molar refractivity (Wildman–Crippen MR) is 50.4 cm³/mol. The lowest BCUT2D eigenvalue weighted by Crippen LogP contribution is -2.12. The molecule has 0 saturated carbocycles. The SMILES string of the molecule is O=c1[nH]c2c(F)cccc2cc1CO. The second-order valence-electron chi connectivity index (χ2n) is 2.99. The molecule has 0 aliphatic heterocycles. The Labute approximate surface area is 78.8 Å². The lowest BCUT2D eigenvalue weighted by Gasteiger charge is -2.00. The molecule has 3 nitrogen and oxygen atoms in total. The van der Waals surface area contributed by atoms with E-state index in [0.29, 0.717) is 5.39 Å². The monoisotopic (exact) mass is 193 g/mol. The Morgan fingerprint density at radius 1 is 1.43 bits per heavy atom. The molecule has 1 heterocycles. The lowest BCUT2D eigenvalue weighted by atomic mass is 10.1. The highest BCUT2D eigenvalue weighted by Gasteiger charge is 2.04. The Morgan fingerprint density at radius 3 is 2.93 bits per heavy atom. The number of nitrogens with one attached hydrogen (secondary N) is 1. The second-order valence-corrected chi connectivity index (χ2v) is 2.99. The van der Waals surface area contributed by atoms with E-state index in [9.17, 15) is 9.18 Å². The summed E-state index contributed by atoms with van der Waals surface area (Å²) in [7, 11) is 0. The van der Waals surface area contributed by atoms with Gasteiger partial charge in [-0.3, -0.25) is 4.79 Å². The first-order valence-electron chi connectivity index (χ1n) is 4.13. The van der Waals surface area contributed by atoms with Crippen LogP contribution in [0.1, 0.15) is 5.56 Å². The number of fused-ring (bicyclic) bond motifs is 1. The van der Waals surface area contributed by atoms with Gasteiger partial charge in [-0.15, -0.1) is 0 Å². The zero-order valence-electron chi connectivity index (χ0n) is 7.25. The average Bonchev–Trinajstić information content (AvgIpc) is 2.19. The van der Waals surface area contributed by atoms with Gasteiger partial charge in [0.05, 0.1) is 12.1 Å². The fourth-order valence-electron chi connectivity index (χ4n) is 1.36. The van der Waals surface area contributed by atoms with Gasteiger partial charge in [0.1, 0.15) is 5.82 Å². The highest BCUT2D eigenvalue weighted by molar-refractivity contribution is 5.79. The Kier molecular flexibility index (Phi) is 2.05. The summed E-state index contributed by atoms with van der Waals surface area (Å²) in [6.07, 6.45) is 0. The quantitative estimate of drug-likeness (QED) is 0.714. The summed E-state index contributed by atoms with van der Waals surface area (Å²) in [6, 6.07) is 5.98. The fraction of sp³-hybridized carbons (Fsp3) is 0.100. The van der Waals surface area contributed by atoms with E-state index in [4.69, 9.17) is 5.11 Å². The molecule has 14 heavy (non-hydrogen) atoms. The smallest absolute Gasteiger partial charge is 0.254 e. The highest BCUT2D eigenvalue weighted by atomic mass is 19.1. The van der Waals surface area contributed by atoms with E-state index in [0.717, 1.165) is 0 Å². The van der Waals surface area contributed by atoms with Gasteiger partial charge in [-0.25, -0.2) is 4.39 Å². The summed E-state index contributed by atoms with van der Waals surface area (Å²) in [6.45, 7) is -0.345. The molecule has 0 unspecified atom stereocenters. The van der Waals surface area contributed by atoms with Crippen molar-refractivity contribution in [2.24, 2.45) is 0 Å². The van der Waals surface area contributed by atoms with Crippen LogP contribution in [0.2, 0.25) is 0 Å². The van der Waals surface area contributed by atoms with Crippen LogP contribution in [0.5, 0.6) is 0 Å². The third-order valence-corrected chi connectivity index (χ3v) is 2.08. The van der Waals surface area contributed by atoms with Gasteiger partial charge in [-0.2, -0.15) is 0 Å². The minimum atomic E-state index is -0.468. The Hall–Kier alpha value is -1.68. The van der Waals surface area contributed by atoms with E-state index in [1.54, 1.807) is 12.1 Å². The van der Waals surface area contributed by atoms with Crippen molar-refractivity contribution in [1.29, 1.82) is 0 Å². The van der Waals surface area contributed by atoms with Gasteiger partial charge in [-0.05, 0) is 12.1 Å². The molecular weight excluding hydrogens is 185 g/mol. The first kappa shape index (κ1) is 8.90. The zero-order chi connectivity index (χ0) is 10.1. The van der Waals surface area contributed by atoms with Crippen LogP contribution in [0.25, 0.3) is 10.9 Å². The van der Waals surface area contributed by atoms with Gasteiger partial charge in [-0.1, -0.05) is 12.1 Å². The number of rotatable bonds is 1. The van der Waals surface area contributed by atoms with Crippen LogP contribution in [0.4, 0.5) is 4.39 Å². The predicted octanol–water partition coefficient (Wildman–Crippen LogP) is 1.16. The molecule has 0 bridgehead atoms. The van der Waals surface area contributed by atoms with E-state index in [1.165, 1.54) is 12.1 Å². The van der Waals surface area contributed by atoms with Crippen LogP contribution in [-0.4, -0.2) is 10.1 Å². The lowest BCUT2D eigenvalue weighted by molar-refractivity contribution is 0.280. The van der Waals surface area contributed by atoms with E-state index in [1.807, 2.05) is 0 Å². The first-order valence-corrected chi connectivity index (χ1v) is 4.13. The van der Waals surface area contributed by atoms with Gasteiger partial charge in [0.2, 0.25) is 0 Å². The molecule has 2 rings (SSSR count). The standard InChI is InChI=1S/C10H8FNO2/c11-8-3-1-2-6-4-7(5-13)10(14)12-9(6)8/h1-4,13H,5H2,(H,12,14). The number of benzene rings is 1. The summed E-state index contributed by atoms with van der Waals surface area (Å²) in [5.41, 5.74) is -0.0390. The Morgan fingerprint density at radius 2 is 2.21 bits per heavy atom. The number of aromatic nitrogens is 1. The third kappa shape index (κ3) is 1.29. The van der Waals surface area contributed by atoms with Crippen LogP contribution >= 0.6 is 0 Å². The number of aliphatic hydroxyl groups is 1.